The highest BCUT2D eigenvalue weighted by Crippen LogP contribution is 2.54. The standard InChI is InChI=1S/C22H26N2O4/c1-5-13-8-12(2)10-22(21(26)28-4)16-9-14-11-23-7-6-15(14)19(27-3)18(25)17(16)24-20(13)22/h5-7,11-12,19-20,24H,8-10H2,1-4H3/t12?,19?,20-,22+/m0/s1. The first kappa shape index (κ1) is 18.9. The number of allylic oxidation sites excluding steroid dienone is 1. The summed E-state index contributed by atoms with van der Waals surface area (Å²) in [5.41, 5.74) is 3.31. The Morgan fingerprint density at radius 1 is 1.39 bits per heavy atom. The molecule has 2 aliphatic carbocycles. The Bertz CT molecular complexity index is 904. The van der Waals surface area contributed by atoms with Crippen molar-refractivity contribution in [2.75, 3.05) is 14.2 Å². The van der Waals surface area contributed by atoms with Crippen molar-refractivity contribution < 1.29 is 19.1 Å². The van der Waals surface area contributed by atoms with Crippen molar-refractivity contribution in [3.8, 4) is 0 Å². The van der Waals surface area contributed by atoms with Crippen LogP contribution >= 0.6 is 0 Å². The first-order valence-electron chi connectivity index (χ1n) is 9.71. The zero-order valence-electron chi connectivity index (χ0n) is 16.7. The zero-order valence-corrected chi connectivity index (χ0v) is 16.7. The number of rotatable bonds is 2. The van der Waals surface area contributed by atoms with Gasteiger partial charge in [-0.25, -0.2) is 0 Å². The van der Waals surface area contributed by atoms with Crippen molar-refractivity contribution in [2.24, 2.45) is 11.3 Å². The molecule has 1 N–H and O–H groups in total. The Morgan fingerprint density at radius 2 is 2.18 bits per heavy atom. The first-order chi connectivity index (χ1) is 13.5. The summed E-state index contributed by atoms with van der Waals surface area (Å²) in [6.45, 7) is 4.13. The lowest BCUT2D eigenvalue weighted by molar-refractivity contribution is -0.152. The Balaban J connectivity index is 1.95. The number of carbonyl (C=O) groups excluding carboxylic acids is 2. The molecule has 148 valence electrons. The molecule has 0 amide bonds. The minimum Gasteiger partial charge on any atom is -0.468 e. The van der Waals surface area contributed by atoms with E-state index in [4.69, 9.17) is 9.47 Å². The zero-order chi connectivity index (χ0) is 20.1. The summed E-state index contributed by atoms with van der Waals surface area (Å²) < 4.78 is 10.9. The molecule has 4 atom stereocenters. The molecule has 1 aliphatic heterocycles. The summed E-state index contributed by atoms with van der Waals surface area (Å²) in [7, 11) is 2.96. The Hall–Kier alpha value is -2.47. The van der Waals surface area contributed by atoms with Gasteiger partial charge in [-0.15, -0.1) is 0 Å². The van der Waals surface area contributed by atoms with Crippen molar-refractivity contribution in [2.45, 2.75) is 45.3 Å². The average Bonchev–Trinajstić information content (AvgIpc) is 2.97. The van der Waals surface area contributed by atoms with E-state index in [2.05, 4.69) is 23.3 Å². The van der Waals surface area contributed by atoms with Crippen LogP contribution in [0.4, 0.5) is 0 Å². The number of fused-ring (bicyclic) bond motifs is 3. The number of esters is 1. The summed E-state index contributed by atoms with van der Waals surface area (Å²) in [5, 5.41) is 3.42. The van der Waals surface area contributed by atoms with Gasteiger partial charge in [-0.3, -0.25) is 14.6 Å². The average molecular weight is 382 g/mol. The van der Waals surface area contributed by atoms with E-state index >= 15 is 0 Å². The van der Waals surface area contributed by atoms with E-state index in [-0.39, 0.29) is 17.8 Å². The number of methoxy groups -OCH3 is 2. The van der Waals surface area contributed by atoms with Gasteiger partial charge in [0.2, 0.25) is 5.78 Å². The smallest absolute Gasteiger partial charge is 0.318 e. The number of pyridine rings is 1. The van der Waals surface area contributed by atoms with Gasteiger partial charge in [-0.1, -0.05) is 18.6 Å². The quantitative estimate of drug-likeness (QED) is 0.626. The van der Waals surface area contributed by atoms with Gasteiger partial charge < -0.3 is 14.8 Å². The molecule has 1 saturated carbocycles. The largest absolute Gasteiger partial charge is 0.468 e. The number of ketones is 1. The van der Waals surface area contributed by atoms with Gasteiger partial charge in [0.1, 0.15) is 11.5 Å². The molecule has 1 aromatic rings. The highest BCUT2D eigenvalue weighted by molar-refractivity contribution is 6.03. The van der Waals surface area contributed by atoms with Gasteiger partial charge in [0.15, 0.2) is 0 Å². The highest BCUT2D eigenvalue weighted by Gasteiger charge is 2.60. The third-order valence-corrected chi connectivity index (χ3v) is 6.48. The minimum absolute atomic E-state index is 0.136. The van der Waals surface area contributed by atoms with Gasteiger partial charge in [0.25, 0.3) is 0 Å². The fraction of sp³-hybridized carbons (Fsp3) is 0.500. The van der Waals surface area contributed by atoms with Crippen LogP contribution in [0.15, 0.2) is 41.4 Å². The van der Waals surface area contributed by atoms with Crippen molar-refractivity contribution in [1.29, 1.82) is 0 Å². The second kappa shape index (κ2) is 6.85. The second-order valence-electron chi connectivity index (χ2n) is 8.00. The summed E-state index contributed by atoms with van der Waals surface area (Å²) >= 11 is 0. The molecule has 6 nitrogen and oxygen atoms in total. The molecule has 2 unspecified atom stereocenters. The first-order valence-corrected chi connectivity index (χ1v) is 9.71. The molecular weight excluding hydrogens is 356 g/mol. The van der Waals surface area contributed by atoms with Crippen molar-refractivity contribution in [3.05, 3.63) is 52.5 Å². The van der Waals surface area contributed by atoms with E-state index in [1.54, 1.807) is 12.4 Å². The van der Waals surface area contributed by atoms with Crippen LogP contribution in [0.1, 0.15) is 43.9 Å². The van der Waals surface area contributed by atoms with Crippen LogP contribution in [0.25, 0.3) is 0 Å². The predicted molar refractivity (Wildman–Crippen MR) is 103 cm³/mol. The maximum atomic E-state index is 13.5. The number of hydrogen-bond acceptors (Lipinski definition) is 6. The van der Waals surface area contributed by atoms with Gasteiger partial charge >= 0.3 is 5.97 Å². The molecular formula is C22H26N2O4. The number of ether oxygens (including phenoxy) is 2. The van der Waals surface area contributed by atoms with Crippen molar-refractivity contribution >= 4 is 11.8 Å². The number of aromatic nitrogens is 1. The molecule has 6 heteroatoms. The molecule has 0 aromatic carbocycles. The molecule has 2 heterocycles. The van der Waals surface area contributed by atoms with Crippen LogP contribution in [-0.4, -0.2) is 37.0 Å². The number of carbonyl (C=O) groups is 2. The summed E-state index contributed by atoms with van der Waals surface area (Å²) in [5.74, 6) is -0.113. The highest BCUT2D eigenvalue weighted by atomic mass is 16.5. The molecule has 1 fully saturated rings. The molecule has 0 saturated heterocycles. The molecule has 0 spiro atoms. The minimum atomic E-state index is -0.880. The number of nitrogens with one attached hydrogen (secondary N) is 1. The van der Waals surface area contributed by atoms with E-state index in [1.165, 1.54) is 14.2 Å². The van der Waals surface area contributed by atoms with E-state index in [0.717, 1.165) is 28.7 Å². The number of hydrogen-bond donors (Lipinski definition) is 1. The molecule has 28 heavy (non-hydrogen) atoms. The van der Waals surface area contributed by atoms with Gasteiger partial charge in [0, 0.05) is 19.5 Å². The monoisotopic (exact) mass is 382 g/mol. The molecule has 1 aromatic heterocycles. The number of Topliss-reactive ketones (excluding diaryl/α,β-unsaturated/α-hetero) is 1. The lowest BCUT2D eigenvalue weighted by Crippen LogP contribution is -2.51. The van der Waals surface area contributed by atoms with Crippen LogP contribution in [0.3, 0.4) is 0 Å². The van der Waals surface area contributed by atoms with E-state index in [9.17, 15) is 9.59 Å². The van der Waals surface area contributed by atoms with E-state index in [0.29, 0.717) is 24.5 Å². The Kier molecular flexibility index (Phi) is 4.62. The fourth-order valence-electron chi connectivity index (χ4n) is 5.34. The van der Waals surface area contributed by atoms with Gasteiger partial charge in [-0.2, -0.15) is 0 Å². The lowest BCUT2D eigenvalue weighted by Gasteiger charge is -2.43. The van der Waals surface area contributed by atoms with E-state index in [1.807, 2.05) is 13.0 Å². The van der Waals surface area contributed by atoms with Crippen LogP contribution in [-0.2, 0) is 25.5 Å². The van der Waals surface area contributed by atoms with Crippen LogP contribution < -0.4 is 5.32 Å². The van der Waals surface area contributed by atoms with Crippen LogP contribution in [0.5, 0.6) is 0 Å². The third kappa shape index (κ3) is 2.47. The SMILES string of the molecule is CC=C1CC(C)C[C@@]2(C(=O)OC)C3=C(N[C@@H]12)C(=O)C(OC)c1ccncc1C3. The summed E-state index contributed by atoms with van der Waals surface area (Å²) in [4.78, 5) is 30.9. The molecule has 0 bridgehead atoms. The van der Waals surface area contributed by atoms with Crippen LogP contribution in [0, 0.1) is 11.3 Å². The topological polar surface area (TPSA) is 77.5 Å². The number of nitrogens with zero attached hydrogens (tertiary/aromatic N) is 1. The lowest BCUT2D eigenvalue weighted by atomic mass is 9.61. The van der Waals surface area contributed by atoms with Crippen molar-refractivity contribution in [1.82, 2.24) is 10.3 Å². The normalized spacial score (nSPS) is 32.9. The molecule has 0 radical (unpaired) electrons. The Labute approximate surface area is 165 Å². The van der Waals surface area contributed by atoms with Gasteiger partial charge in [-0.05, 0) is 54.9 Å². The van der Waals surface area contributed by atoms with Crippen molar-refractivity contribution in [3.63, 3.8) is 0 Å². The molecule has 4 rings (SSSR count). The van der Waals surface area contributed by atoms with Gasteiger partial charge in [0.05, 0.1) is 18.8 Å². The maximum Gasteiger partial charge on any atom is 0.318 e. The van der Waals surface area contributed by atoms with E-state index < -0.39 is 11.5 Å². The third-order valence-electron chi connectivity index (χ3n) is 6.48. The predicted octanol–water partition coefficient (Wildman–Crippen LogP) is 2.66. The summed E-state index contributed by atoms with van der Waals surface area (Å²) in [6, 6.07) is 1.57. The fourth-order valence-corrected chi connectivity index (χ4v) is 5.34. The maximum absolute atomic E-state index is 13.5. The summed E-state index contributed by atoms with van der Waals surface area (Å²) in [6.07, 6.45) is 6.81. The second-order valence-corrected chi connectivity index (χ2v) is 8.00. The molecule has 3 aliphatic rings. The Morgan fingerprint density at radius 3 is 2.86 bits per heavy atom. The van der Waals surface area contributed by atoms with Crippen LogP contribution in [0.2, 0.25) is 0 Å².